The first kappa shape index (κ1) is 19.2. The lowest BCUT2D eigenvalue weighted by atomic mass is 9.93. The van der Waals surface area contributed by atoms with Gasteiger partial charge in [-0.1, -0.05) is 55.7 Å². The Kier molecular flexibility index (Phi) is 8.37. The SMILES string of the molecule is C=CC=CC(=C)C(=CC)c1cccc(CCO[SiH](C)C)c1NC. The largest absolute Gasteiger partial charge is 0.420 e. The lowest BCUT2D eigenvalue weighted by molar-refractivity contribution is 0.331. The van der Waals surface area contributed by atoms with Crippen molar-refractivity contribution in [3.05, 3.63) is 72.4 Å². The van der Waals surface area contributed by atoms with Crippen LogP contribution in [0.3, 0.4) is 0 Å². The van der Waals surface area contributed by atoms with Gasteiger partial charge < -0.3 is 9.74 Å². The predicted molar refractivity (Wildman–Crippen MR) is 107 cm³/mol. The minimum Gasteiger partial charge on any atom is -0.420 e. The van der Waals surface area contributed by atoms with Crippen LogP contribution in [0.5, 0.6) is 0 Å². The Morgan fingerprint density at radius 3 is 2.65 bits per heavy atom. The van der Waals surface area contributed by atoms with Gasteiger partial charge in [-0.2, -0.15) is 0 Å². The number of para-hydroxylation sites is 1. The Hall–Kier alpha value is -1.84. The van der Waals surface area contributed by atoms with E-state index in [9.17, 15) is 0 Å². The summed E-state index contributed by atoms with van der Waals surface area (Å²) in [6, 6.07) is 6.40. The fourth-order valence-electron chi connectivity index (χ4n) is 2.52. The minimum atomic E-state index is -0.968. The summed E-state index contributed by atoms with van der Waals surface area (Å²) in [6.45, 7) is 15.1. The highest BCUT2D eigenvalue weighted by Crippen LogP contribution is 2.32. The monoisotopic (exact) mass is 327 g/mol. The van der Waals surface area contributed by atoms with Crippen LogP contribution in [-0.2, 0) is 10.8 Å². The molecule has 0 saturated heterocycles. The van der Waals surface area contributed by atoms with E-state index in [1.165, 1.54) is 11.1 Å². The summed E-state index contributed by atoms with van der Waals surface area (Å²) >= 11 is 0. The van der Waals surface area contributed by atoms with Crippen LogP contribution in [0.25, 0.3) is 5.57 Å². The molecule has 0 aliphatic rings. The molecule has 1 aromatic carbocycles. The third-order valence-electron chi connectivity index (χ3n) is 3.58. The normalized spacial score (nSPS) is 12.0. The molecule has 1 N–H and O–H groups in total. The average Bonchev–Trinajstić information content (AvgIpc) is 2.53. The number of hydrogen-bond acceptors (Lipinski definition) is 2. The van der Waals surface area contributed by atoms with Crippen molar-refractivity contribution in [3.63, 3.8) is 0 Å². The first-order chi connectivity index (χ1) is 11.0. The van der Waals surface area contributed by atoms with Crippen molar-refractivity contribution >= 4 is 20.3 Å². The van der Waals surface area contributed by atoms with Crippen LogP contribution in [0.15, 0.2) is 61.2 Å². The van der Waals surface area contributed by atoms with Crippen molar-refractivity contribution in [2.45, 2.75) is 26.4 Å². The third-order valence-corrected chi connectivity index (χ3v) is 4.48. The van der Waals surface area contributed by atoms with Crippen LogP contribution in [-0.4, -0.2) is 22.7 Å². The molecule has 0 saturated carbocycles. The first-order valence-electron chi connectivity index (χ1n) is 8.11. The zero-order chi connectivity index (χ0) is 17.2. The molecule has 0 amide bonds. The summed E-state index contributed by atoms with van der Waals surface area (Å²) in [5, 5.41) is 3.36. The Balaban J connectivity index is 3.12. The van der Waals surface area contributed by atoms with Crippen LogP contribution in [0.2, 0.25) is 13.1 Å². The van der Waals surface area contributed by atoms with Crippen LogP contribution in [0.4, 0.5) is 5.69 Å². The molecule has 0 radical (unpaired) electrons. The fraction of sp³-hybridized carbons (Fsp3) is 0.300. The molecule has 0 fully saturated rings. The van der Waals surface area contributed by atoms with Gasteiger partial charge in [-0.3, -0.25) is 0 Å². The smallest absolute Gasteiger partial charge is 0.170 e. The molecular formula is C20H29NOSi. The molecule has 124 valence electrons. The van der Waals surface area contributed by atoms with Crippen LogP contribution in [0.1, 0.15) is 18.1 Å². The lowest BCUT2D eigenvalue weighted by Gasteiger charge is -2.18. The highest BCUT2D eigenvalue weighted by atomic mass is 28.3. The second kappa shape index (κ2) is 10.0. The van der Waals surface area contributed by atoms with E-state index in [1.54, 1.807) is 6.08 Å². The van der Waals surface area contributed by atoms with E-state index in [4.69, 9.17) is 4.43 Å². The van der Waals surface area contributed by atoms with Gasteiger partial charge in [0.25, 0.3) is 0 Å². The Labute approximate surface area is 143 Å². The summed E-state index contributed by atoms with van der Waals surface area (Å²) in [4.78, 5) is 0. The maximum Gasteiger partial charge on any atom is 0.170 e. The highest BCUT2D eigenvalue weighted by molar-refractivity contribution is 6.48. The van der Waals surface area contributed by atoms with E-state index in [0.717, 1.165) is 29.9 Å². The van der Waals surface area contributed by atoms with Crippen molar-refractivity contribution in [2.75, 3.05) is 19.0 Å². The van der Waals surface area contributed by atoms with Gasteiger partial charge in [-0.05, 0) is 43.1 Å². The molecule has 0 aliphatic heterocycles. The molecule has 0 spiro atoms. The van der Waals surface area contributed by atoms with Gasteiger partial charge in [0, 0.05) is 24.9 Å². The molecule has 3 heteroatoms. The first-order valence-corrected chi connectivity index (χ1v) is 10.9. The predicted octanol–water partition coefficient (Wildman–Crippen LogP) is 4.97. The Morgan fingerprint density at radius 1 is 1.35 bits per heavy atom. The number of nitrogens with one attached hydrogen (secondary N) is 1. The van der Waals surface area contributed by atoms with E-state index in [1.807, 2.05) is 26.1 Å². The van der Waals surface area contributed by atoms with Crippen molar-refractivity contribution in [1.82, 2.24) is 0 Å². The second-order valence-corrected chi connectivity index (χ2v) is 8.01. The molecule has 0 aliphatic carbocycles. The second-order valence-electron chi connectivity index (χ2n) is 5.58. The molecule has 0 heterocycles. The minimum absolute atomic E-state index is 0.782. The summed E-state index contributed by atoms with van der Waals surface area (Å²) in [5.74, 6) is 0. The standard InChI is InChI=1S/C20H29NOSi/c1-7-9-11-16(3)18(8-2)19-13-10-12-17(20(19)21-4)14-15-22-23(5)6/h7-13,21,23H,1,3,14-15H2,2,4-6H3. The quantitative estimate of drug-likeness (QED) is 0.510. The third kappa shape index (κ3) is 5.70. The van der Waals surface area contributed by atoms with Crippen LogP contribution >= 0.6 is 0 Å². The van der Waals surface area contributed by atoms with E-state index in [-0.39, 0.29) is 0 Å². The van der Waals surface area contributed by atoms with Gasteiger partial charge in [0.2, 0.25) is 0 Å². The van der Waals surface area contributed by atoms with Crippen LogP contribution < -0.4 is 5.32 Å². The number of anilines is 1. The number of hydrogen-bond donors (Lipinski definition) is 1. The molecule has 1 rings (SSSR count). The number of rotatable bonds is 9. The zero-order valence-corrected chi connectivity index (χ0v) is 16.0. The van der Waals surface area contributed by atoms with Crippen molar-refractivity contribution < 1.29 is 4.43 Å². The van der Waals surface area contributed by atoms with Crippen molar-refractivity contribution in [3.8, 4) is 0 Å². The number of allylic oxidation sites excluding steroid dienone is 6. The zero-order valence-electron chi connectivity index (χ0n) is 14.9. The molecule has 0 bridgehead atoms. The summed E-state index contributed by atoms with van der Waals surface area (Å²) in [7, 11) is 1.00. The molecule has 0 atom stereocenters. The fourth-order valence-corrected chi connectivity index (χ4v) is 3.11. The van der Waals surface area contributed by atoms with Crippen molar-refractivity contribution in [2.24, 2.45) is 0 Å². The molecule has 0 unspecified atom stereocenters. The van der Waals surface area contributed by atoms with Gasteiger partial charge in [0.1, 0.15) is 0 Å². The Bertz CT molecular complexity index is 600. The highest BCUT2D eigenvalue weighted by Gasteiger charge is 2.12. The molecule has 1 aromatic rings. The average molecular weight is 328 g/mol. The Morgan fingerprint density at radius 2 is 2.09 bits per heavy atom. The van der Waals surface area contributed by atoms with E-state index in [0.29, 0.717) is 0 Å². The van der Waals surface area contributed by atoms with Gasteiger partial charge in [0.05, 0.1) is 0 Å². The van der Waals surface area contributed by atoms with Gasteiger partial charge in [-0.25, -0.2) is 0 Å². The molecule has 23 heavy (non-hydrogen) atoms. The molecule has 0 aromatic heterocycles. The number of benzene rings is 1. The lowest BCUT2D eigenvalue weighted by Crippen LogP contribution is -2.11. The van der Waals surface area contributed by atoms with Gasteiger partial charge >= 0.3 is 0 Å². The summed E-state index contributed by atoms with van der Waals surface area (Å²) in [5.41, 5.74) is 5.72. The topological polar surface area (TPSA) is 21.3 Å². The summed E-state index contributed by atoms with van der Waals surface area (Å²) < 4.78 is 5.83. The molecule has 2 nitrogen and oxygen atoms in total. The maximum absolute atomic E-state index is 5.83. The van der Waals surface area contributed by atoms with Gasteiger partial charge in [-0.15, -0.1) is 0 Å². The van der Waals surface area contributed by atoms with Crippen LogP contribution in [0, 0.1) is 0 Å². The van der Waals surface area contributed by atoms with Crippen molar-refractivity contribution in [1.29, 1.82) is 0 Å². The van der Waals surface area contributed by atoms with Gasteiger partial charge in [0.15, 0.2) is 9.04 Å². The summed E-state index contributed by atoms with van der Waals surface area (Å²) in [6.07, 6.45) is 8.69. The van der Waals surface area contributed by atoms with E-state index < -0.39 is 9.04 Å². The molecular weight excluding hydrogens is 298 g/mol. The van der Waals surface area contributed by atoms with E-state index >= 15 is 0 Å². The van der Waals surface area contributed by atoms with E-state index in [2.05, 4.69) is 55.8 Å². The maximum atomic E-state index is 5.83.